The highest BCUT2D eigenvalue weighted by Crippen LogP contribution is 2.31. The fraction of sp³-hybridized carbons (Fsp3) is 0.333. The van der Waals surface area contributed by atoms with Crippen molar-refractivity contribution in [3.63, 3.8) is 0 Å². The lowest BCUT2D eigenvalue weighted by Gasteiger charge is -2.39. The molecule has 3 heterocycles. The number of carbonyl (C=O) groups excluding carboxylic acids is 3. The Bertz CT molecular complexity index is 885. The average molecular weight is 385 g/mol. The van der Waals surface area contributed by atoms with Crippen LogP contribution in [0.15, 0.2) is 35.8 Å². The summed E-state index contributed by atoms with van der Waals surface area (Å²) in [5.74, 6) is -0.525. The molecule has 0 unspecified atom stereocenters. The second kappa shape index (κ2) is 6.99. The molecule has 140 valence electrons. The van der Waals surface area contributed by atoms with Gasteiger partial charge in [0.15, 0.2) is 5.13 Å². The van der Waals surface area contributed by atoms with E-state index in [2.05, 4.69) is 20.9 Å². The molecule has 8 nitrogen and oxygen atoms in total. The number of amides is 3. The predicted molar refractivity (Wildman–Crippen MR) is 101 cm³/mol. The van der Waals surface area contributed by atoms with E-state index in [0.717, 1.165) is 5.69 Å². The molecule has 0 radical (unpaired) electrons. The molecule has 1 saturated heterocycles. The summed E-state index contributed by atoms with van der Waals surface area (Å²) in [5.41, 5.74) is 0.684. The fourth-order valence-electron chi connectivity index (χ4n) is 3.45. The Morgan fingerprint density at radius 3 is 2.93 bits per heavy atom. The molecular formula is C18H19N5O3S. The Balaban J connectivity index is 1.44. The van der Waals surface area contributed by atoms with Gasteiger partial charge in [0.05, 0.1) is 12.1 Å². The number of hydrogen-bond acceptors (Lipinski definition) is 6. The Labute approximate surface area is 160 Å². The highest BCUT2D eigenvalue weighted by atomic mass is 32.1. The number of rotatable bonds is 3. The van der Waals surface area contributed by atoms with Crippen molar-refractivity contribution in [2.24, 2.45) is 0 Å². The van der Waals surface area contributed by atoms with E-state index < -0.39 is 5.66 Å². The molecule has 1 fully saturated rings. The average Bonchev–Trinajstić information content (AvgIpc) is 3.11. The Morgan fingerprint density at radius 1 is 1.26 bits per heavy atom. The number of nitrogens with zero attached hydrogens (tertiary/aromatic N) is 2. The van der Waals surface area contributed by atoms with Crippen LogP contribution >= 0.6 is 11.3 Å². The minimum atomic E-state index is -0.679. The fourth-order valence-corrected chi connectivity index (χ4v) is 4.00. The molecule has 9 heteroatoms. The molecule has 3 amide bonds. The third-order valence-corrected chi connectivity index (χ3v) is 5.53. The topological polar surface area (TPSA) is 103 Å². The number of carbonyl (C=O) groups is 3. The summed E-state index contributed by atoms with van der Waals surface area (Å²) in [6, 6.07) is 7.32. The third-order valence-electron chi connectivity index (χ3n) is 4.84. The van der Waals surface area contributed by atoms with Gasteiger partial charge < -0.3 is 20.9 Å². The highest BCUT2D eigenvalue weighted by molar-refractivity contribution is 7.13. The van der Waals surface area contributed by atoms with Crippen LogP contribution in [0, 0.1) is 0 Å². The van der Waals surface area contributed by atoms with Crippen molar-refractivity contribution in [1.82, 2.24) is 15.2 Å². The maximum Gasteiger partial charge on any atom is 0.255 e. The van der Waals surface area contributed by atoms with Gasteiger partial charge in [-0.05, 0) is 18.6 Å². The number of hydrogen-bond donors (Lipinski definition) is 3. The van der Waals surface area contributed by atoms with Crippen molar-refractivity contribution in [3.05, 3.63) is 41.4 Å². The highest BCUT2D eigenvalue weighted by Gasteiger charge is 2.40. The second-order valence-corrected chi connectivity index (χ2v) is 7.55. The largest absolute Gasteiger partial charge is 0.362 e. The molecule has 1 spiro atoms. The third kappa shape index (κ3) is 3.63. The van der Waals surface area contributed by atoms with Gasteiger partial charge in [-0.15, -0.1) is 11.3 Å². The number of para-hydroxylation sites is 1. The summed E-state index contributed by atoms with van der Waals surface area (Å²) in [6.07, 6.45) is 2.84. The number of anilines is 2. The normalized spacial score (nSPS) is 21.9. The van der Waals surface area contributed by atoms with Crippen molar-refractivity contribution in [1.29, 1.82) is 0 Å². The van der Waals surface area contributed by atoms with E-state index in [1.54, 1.807) is 17.6 Å². The minimum Gasteiger partial charge on any atom is -0.362 e. The first-order chi connectivity index (χ1) is 13.0. The summed E-state index contributed by atoms with van der Waals surface area (Å²) < 4.78 is 0. The van der Waals surface area contributed by atoms with Gasteiger partial charge in [-0.3, -0.25) is 14.4 Å². The quantitative estimate of drug-likeness (QED) is 0.745. The van der Waals surface area contributed by atoms with Crippen molar-refractivity contribution >= 4 is 39.9 Å². The molecule has 2 aliphatic rings. The smallest absolute Gasteiger partial charge is 0.255 e. The summed E-state index contributed by atoms with van der Waals surface area (Å²) in [6.45, 7) is 0.346. The number of aromatic nitrogens is 1. The Hall–Kier alpha value is -2.94. The first kappa shape index (κ1) is 17.5. The van der Waals surface area contributed by atoms with Gasteiger partial charge in [0.1, 0.15) is 5.66 Å². The van der Waals surface area contributed by atoms with Crippen LogP contribution in [0.4, 0.5) is 10.8 Å². The molecule has 27 heavy (non-hydrogen) atoms. The number of benzene rings is 1. The number of thiazole rings is 1. The van der Waals surface area contributed by atoms with Crippen molar-refractivity contribution in [2.75, 3.05) is 23.7 Å². The summed E-state index contributed by atoms with van der Waals surface area (Å²) in [4.78, 5) is 42.7. The minimum absolute atomic E-state index is 0.0287. The zero-order chi connectivity index (χ0) is 18.9. The molecule has 1 aromatic heterocycles. The van der Waals surface area contributed by atoms with Crippen LogP contribution in [0.5, 0.6) is 0 Å². The summed E-state index contributed by atoms with van der Waals surface area (Å²) >= 11 is 1.33. The molecule has 1 aromatic carbocycles. The van der Waals surface area contributed by atoms with Crippen molar-refractivity contribution in [3.8, 4) is 0 Å². The van der Waals surface area contributed by atoms with Gasteiger partial charge in [0, 0.05) is 36.7 Å². The predicted octanol–water partition coefficient (Wildman–Crippen LogP) is 1.65. The van der Waals surface area contributed by atoms with Gasteiger partial charge in [-0.25, -0.2) is 4.98 Å². The van der Waals surface area contributed by atoms with Crippen LogP contribution in [0.25, 0.3) is 0 Å². The first-order valence-electron chi connectivity index (χ1n) is 8.71. The van der Waals surface area contributed by atoms with E-state index in [1.165, 1.54) is 16.2 Å². The number of likely N-dealkylation sites (tertiary alicyclic amines) is 1. The molecule has 1 atom stereocenters. The summed E-state index contributed by atoms with van der Waals surface area (Å²) in [5, 5.41) is 11.4. The van der Waals surface area contributed by atoms with Gasteiger partial charge in [-0.1, -0.05) is 12.1 Å². The van der Waals surface area contributed by atoms with Gasteiger partial charge in [0.2, 0.25) is 11.8 Å². The number of nitrogens with one attached hydrogen (secondary N) is 3. The van der Waals surface area contributed by atoms with E-state index >= 15 is 0 Å². The van der Waals surface area contributed by atoms with Crippen LogP contribution in [0.1, 0.15) is 29.6 Å². The van der Waals surface area contributed by atoms with E-state index in [1.807, 2.05) is 18.2 Å². The van der Waals surface area contributed by atoms with E-state index in [0.29, 0.717) is 30.1 Å². The van der Waals surface area contributed by atoms with Crippen molar-refractivity contribution in [2.45, 2.75) is 24.9 Å². The zero-order valence-electron chi connectivity index (χ0n) is 14.5. The molecule has 2 aliphatic heterocycles. The lowest BCUT2D eigenvalue weighted by atomic mass is 9.95. The Kier molecular flexibility index (Phi) is 4.53. The van der Waals surface area contributed by atoms with Crippen LogP contribution in [-0.2, 0) is 9.59 Å². The monoisotopic (exact) mass is 385 g/mol. The molecule has 0 aliphatic carbocycles. The lowest BCUT2D eigenvalue weighted by molar-refractivity contribution is -0.134. The zero-order valence-corrected chi connectivity index (χ0v) is 15.3. The maximum absolute atomic E-state index is 12.5. The maximum atomic E-state index is 12.5. The number of fused-ring (bicyclic) bond motifs is 1. The van der Waals surface area contributed by atoms with E-state index in [9.17, 15) is 14.4 Å². The molecule has 0 bridgehead atoms. The van der Waals surface area contributed by atoms with Crippen LogP contribution < -0.4 is 16.0 Å². The van der Waals surface area contributed by atoms with E-state index in [4.69, 9.17) is 0 Å². The second-order valence-electron chi connectivity index (χ2n) is 6.66. The molecule has 4 rings (SSSR count). The van der Waals surface area contributed by atoms with Crippen LogP contribution in [0.2, 0.25) is 0 Å². The first-order valence-corrected chi connectivity index (χ1v) is 9.59. The van der Waals surface area contributed by atoms with Gasteiger partial charge in [0.25, 0.3) is 5.91 Å². The van der Waals surface area contributed by atoms with Crippen LogP contribution in [0.3, 0.4) is 0 Å². The molecule has 0 saturated carbocycles. The van der Waals surface area contributed by atoms with Gasteiger partial charge in [-0.2, -0.15) is 0 Å². The SMILES string of the molecule is O=C(CN1CC[C@@]2(CCC1=O)NC(=O)c1ccccc1N2)Nc1nccs1. The standard InChI is InChI=1S/C18H19N5O3S/c24-14(20-17-19-8-10-27-17)11-23-9-7-18(6-5-15(23)25)21-13-4-2-1-3-12(13)16(26)22-18/h1-4,8,10,21H,5-7,9,11H2,(H,22,26)(H,19,20,24)/t18-/m1/s1. The van der Waals surface area contributed by atoms with E-state index in [-0.39, 0.29) is 30.7 Å². The Morgan fingerprint density at radius 2 is 2.11 bits per heavy atom. The van der Waals surface area contributed by atoms with Gasteiger partial charge >= 0.3 is 0 Å². The molecular weight excluding hydrogens is 366 g/mol. The lowest BCUT2D eigenvalue weighted by Crippen LogP contribution is -2.58. The van der Waals surface area contributed by atoms with Crippen LogP contribution in [-0.4, -0.2) is 46.4 Å². The summed E-state index contributed by atoms with van der Waals surface area (Å²) in [7, 11) is 0. The van der Waals surface area contributed by atoms with Crippen molar-refractivity contribution < 1.29 is 14.4 Å². The molecule has 3 N–H and O–H groups in total. The molecule has 2 aromatic rings.